The molecular formula is C43H45ClFN9O6. The summed E-state index contributed by atoms with van der Waals surface area (Å²) in [5.41, 5.74) is 1.16. The Morgan fingerprint density at radius 1 is 0.900 bits per heavy atom. The summed E-state index contributed by atoms with van der Waals surface area (Å²) < 4.78 is 21.6. The molecule has 4 saturated heterocycles. The summed E-state index contributed by atoms with van der Waals surface area (Å²) in [4.78, 5) is 80.3. The van der Waals surface area contributed by atoms with Crippen LogP contribution in [0.4, 0.5) is 16.0 Å². The molecule has 60 heavy (non-hydrogen) atoms. The molecule has 312 valence electrons. The van der Waals surface area contributed by atoms with Crippen molar-refractivity contribution in [1.29, 1.82) is 5.26 Å². The number of carbonyl (C=O) groups excluding carboxylic acids is 5. The highest BCUT2D eigenvalue weighted by molar-refractivity contribution is 6.31. The minimum atomic E-state index is -1.10. The monoisotopic (exact) mass is 837 g/mol. The van der Waals surface area contributed by atoms with E-state index in [1.165, 1.54) is 6.07 Å². The van der Waals surface area contributed by atoms with Crippen molar-refractivity contribution < 1.29 is 33.1 Å². The van der Waals surface area contributed by atoms with Crippen LogP contribution in [0.25, 0.3) is 0 Å². The molecule has 2 N–H and O–H groups in total. The highest BCUT2D eigenvalue weighted by atomic mass is 35.5. The van der Waals surface area contributed by atoms with Gasteiger partial charge in [0.15, 0.2) is 0 Å². The third-order valence-corrected chi connectivity index (χ3v) is 13.4. The molecular weight excluding hydrogens is 793 g/mol. The maximum Gasteiger partial charge on any atom is 0.262 e. The summed E-state index contributed by atoms with van der Waals surface area (Å²) in [6, 6.07) is 8.63. The minimum absolute atomic E-state index is 0.0134. The Hall–Kier alpha value is -5.66. The highest BCUT2D eigenvalue weighted by Gasteiger charge is 2.47. The van der Waals surface area contributed by atoms with Gasteiger partial charge < -0.3 is 24.8 Å². The van der Waals surface area contributed by atoms with Crippen LogP contribution in [0, 0.1) is 34.9 Å². The molecule has 3 aromatic rings. The largest absolute Gasteiger partial charge is 0.490 e. The molecule has 0 bridgehead atoms. The highest BCUT2D eigenvalue weighted by Crippen LogP contribution is 2.39. The summed E-state index contributed by atoms with van der Waals surface area (Å²) in [5.74, 6) is -0.783. The molecule has 15 nitrogen and oxygen atoms in total. The number of nitrogens with one attached hydrogen (secondary N) is 2. The third-order valence-electron chi connectivity index (χ3n) is 13.1. The van der Waals surface area contributed by atoms with E-state index in [1.807, 2.05) is 11.0 Å². The Labute approximate surface area is 351 Å². The number of benzene rings is 2. The quantitative estimate of drug-likeness (QED) is 0.297. The number of nitrogens with zero attached hydrogens (tertiary/aromatic N) is 7. The number of aromatic nitrogens is 2. The Morgan fingerprint density at radius 3 is 2.23 bits per heavy atom. The van der Waals surface area contributed by atoms with Crippen LogP contribution in [0.3, 0.4) is 0 Å². The van der Waals surface area contributed by atoms with Gasteiger partial charge in [-0.15, -0.1) is 0 Å². The second kappa shape index (κ2) is 16.4. The van der Waals surface area contributed by atoms with E-state index in [4.69, 9.17) is 21.6 Å². The van der Waals surface area contributed by atoms with Crippen molar-refractivity contribution in [3.8, 4) is 11.8 Å². The fraction of sp³-hybridized carbons (Fsp3) is 0.488. The van der Waals surface area contributed by atoms with Crippen LogP contribution in [0.1, 0.15) is 88.0 Å². The molecule has 2 aromatic carbocycles. The lowest BCUT2D eigenvalue weighted by Gasteiger charge is -2.34. The van der Waals surface area contributed by atoms with E-state index in [9.17, 15) is 24.0 Å². The maximum absolute atomic E-state index is 15.5. The summed E-state index contributed by atoms with van der Waals surface area (Å²) in [6.45, 7) is 5.74. The molecule has 1 aliphatic carbocycles. The van der Waals surface area contributed by atoms with E-state index >= 15 is 4.39 Å². The fourth-order valence-electron chi connectivity index (χ4n) is 9.89. The first-order valence-electron chi connectivity index (χ1n) is 20.8. The Balaban J connectivity index is 0.708. The van der Waals surface area contributed by atoms with Gasteiger partial charge in [0.2, 0.25) is 17.8 Å². The first-order chi connectivity index (χ1) is 29.0. The topological polar surface area (TPSA) is 181 Å². The lowest BCUT2D eigenvalue weighted by Crippen LogP contribution is -2.54. The number of likely N-dealkylation sites (tertiary alicyclic amines) is 1. The first kappa shape index (κ1) is 39.8. The zero-order valence-electron chi connectivity index (χ0n) is 32.9. The number of hydrogen-bond acceptors (Lipinski definition) is 12. The zero-order valence-corrected chi connectivity index (χ0v) is 33.7. The van der Waals surface area contributed by atoms with Gasteiger partial charge in [0.1, 0.15) is 23.7 Å². The number of nitriles is 1. The Kier molecular flexibility index (Phi) is 10.9. The van der Waals surface area contributed by atoms with Gasteiger partial charge in [0.25, 0.3) is 17.7 Å². The number of fused-ring (bicyclic) bond motifs is 2. The molecule has 9 rings (SSSR count). The smallest absolute Gasteiger partial charge is 0.262 e. The molecule has 3 atom stereocenters. The number of piperidine rings is 2. The van der Waals surface area contributed by atoms with Crippen molar-refractivity contribution in [2.45, 2.75) is 69.6 Å². The Morgan fingerprint density at radius 2 is 1.58 bits per heavy atom. The number of amides is 5. The average molecular weight is 838 g/mol. The lowest BCUT2D eigenvalue weighted by atomic mass is 9.92. The third kappa shape index (κ3) is 7.88. The van der Waals surface area contributed by atoms with Crippen LogP contribution in [0.5, 0.6) is 5.75 Å². The van der Waals surface area contributed by atoms with Gasteiger partial charge in [-0.1, -0.05) is 11.6 Å². The molecule has 6 aliphatic rings. The molecule has 6 heterocycles. The number of imide groups is 2. The van der Waals surface area contributed by atoms with Crippen LogP contribution in [0.2, 0.25) is 5.02 Å². The van der Waals surface area contributed by atoms with Gasteiger partial charge >= 0.3 is 0 Å². The summed E-state index contributed by atoms with van der Waals surface area (Å²) >= 11 is 6.15. The van der Waals surface area contributed by atoms with Gasteiger partial charge in [-0.25, -0.2) is 14.4 Å². The molecule has 0 spiro atoms. The summed E-state index contributed by atoms with van der Waals surface area (Å²) in [5, 5.41) is 14.8. The first-order valence-corrected chi connectivity index (χ1v) is 21.2. The predicted octanol–water partition coefficient (Wildman–Crippen LogP) is 3.95. The SMILES string of the molecule is N#Cc1ccc(OC2CCC(NC(=O)c3cnc(N4CCC(CN5CC6CN(c7cc8c(cc7F)C(=O)N(C7CCC(=O)NC7=O)C8=O)CC6C5)CC4)nc3)CC2)cc1Cl. The zero-order chi connectivity index (χ0) is 41.7. The van der Waals surface area contributed by atoms with E-state index in [0.29, 0.717) is 64.4 Å². The summed E-state index contributed by atoms with van der Waals surface area (Å²) in [7, 11) is 0. The van der Waals surface area contributed by atoms with E-state index < -0.39 is 35.5 Å². The molecule has 3 unspecified atom stereocenters. The van der Waals surface area contributed by atoms with Gasteiger partial charge in [0, 0.05) is 76.7 Å². The number of halogens is 2. The molecule has 5 amide bonds. The van der Waals surface area contributed by atoms with Crippen LogP contribution in [-0.4, -0.2) is 113 Å². The van der Waals surface area contributed by atoms with Crippen LogP contribution in [0.15, 0.2) is 42.7 Å². The van der Waals surface area contributed by atoms with Gasteiger partial charge in [-0.3, -0.25) is 34.2 Å². The number of anilines is 2. The number of rotatable bonds is 9. The molecule has 1 saturated carbocycles. The minimum Gasteiger partial charge on any atom is -0.490 e. The van der Waals surface area contributed by atoms with Gasteiger partial charge in [-0.2, -0.15) is 5.26 Å². The second-order valence-corrected chi connectivity index (χ2v) is 17.4. The molecule has 5 fully saturated rings. The lowest BCUT2D eigenvalue weighted by molar-refractivity contribution is -0.136. The van der Waals surface area contributed by atoms with Crippen molar-refractivity contribution in [3.05, 3.63) is 75.8 Å². The fourth-order valence-corrected chi connectivity index (χ4v) is 10.1. The molecule has 1 aromatic heterocycles. The number of ether oxygens (including phenoxy) is 1. The van der Waals surface area contributed by atoms with Crippen molar-refractivity contribution in [2.24, 2.45) is 17.8 Å². The van der Waals surface area contributed by atoms with Crippen LogP contribution < -0.4 is 25.2 Å². The maximum atomic E-state index is 15.5. The van der Waals surface area contributed by atoms with Crippen molar-refractivity contribution in [2.75, 3.05) is 55.6 Å². The van der Waals surface area contributed by atoms with Crippen LogP contribution >= 0.6 is 11.6 Å². The average Bonchev–Trinajstić information content (AvgIpc) is 3.88. The molecule has 17 heteroatoms. The standard InChI is InChI=1S/C43H45ClFN9O6/c44-34-13-31(4-1-25(34)16-46)60-30-5-2-29(3-6-30)49-39(56)26-17-47-43(48-18-26)52-11-9-24(10-12-52)19-51-20-27-22-53(23-28(27)21-51)37-15-33-32(14-35(37)45)41(58)54(42(33)59)36-7-8-38(55)50-40(36)57/h1,4,13-15,17-18,24,27-30,36H,2-3,5-12,19-23H2,(H,49,56)(H,50,55,57). The van der Waals surface area contributed by atoms with Crippen LogP contribution in [-0.2, 0) is 9.59 Å². The normalized spacial score (nSPS) is 25.9. The van der Waals surface area contributed by atoms with E-state index in [0.717, 1.165) is 82.2 Å². The summed E-state index contributed by atoms with van der Waals surface area (Å²) in [6.07, 6.45) is 8.40. The molecule has 0 radical (unpaired) electrons. The van der Waals surface area contributed by atoms with E-state index in [2.05, 4.69) is 30.4 Å². The van der Waals surface area contributed by atoms with Crippen molar-refractivity contribution >= 4 is 52.8 Å². The van der Waals surface area contributed by atoms with E-state index in [-0.39, 0.29) is 42.0 Å². The van der Waals surface area contributed by atoms with Gasteiger partial charge in [-0.05, 0) is 87.0 Å². The molecule has 5 aliphatic heterocycles. The van der Waals surface area contributed by atoms with Crippen molar-refractivity contribution in [3.63, 3.8) is 0 Å². The van der Waals surface area contributed by atoms with Gasteiger partial charge in [0.05, 0.1) is 39.1 Å². The van der Waals surface area contributed by atoms with Crippen molar-refractivity contribution in [1.82, 2.24) is 30.4 Å². The number of hydrogen-bond donors (Lipinski definition) is 2. The number of carbonyl (C=O) groups is 5. The van der Waals surface area contributed by atoms with E-state index in [1.54, 1.807) is 30.6 Å². The second-order valence-electron chi connectivity index (χ2n) is 17.0. The predicted molar refractivity (Wildman–Crippen MR) is 216 cm³/mol. The Bertz CT molecular complexity index is 2260.